The quantitative estimate of drug-likeness (QED) is 0.0513. The van der Waals surface area contributed by atoms with Crippen molar-refractivity contribution in [1.82, 2.24) is 9.78 Å². The predicted molar refractivity (Wildman–Crippen MR) is 222 cm³/mol. The first kappa shape index (κ1) is 42.0. The summed E-state index contributed by atoms with van der Waals surface area (Å²) < 4.78 is 7.20. The first-order chi connectivity index (χ1) is 25.2. The van der Waals surface area contributed by atoms with Gasteiger partial charge >= 0.3 is 0 Å². The molecule has 282 valence electrons. The van der Waals surface area contributed by atoms with Crippen molar-refractivity contribution in [2.75, 3.05) is 23.0 Å². The normalized spacial score (nSPS) is 11.2. The van der Waals surface area contributed by atoms with Crippen LogP contribution in [0, 0.1) is 6.92 Å². The van der Waals surface area contributed by atoms with Gasteiger partial charge in [-0.3, -0.25) is 14.7 Å². The number of hydrogen-bond donors (Lipinski definition) is 3. The number of aromatic amines is 1. The van der Waals surface area contributed by atoms with Crippen molar-refractivity contribution >= 4 is 81.3 Å². The number of hydrogen-bond acceptors (Lipinski definition) is 5. The Kier molecular flexibility index (Phi) is 18.1. The molecule has 0 aliphatic rings. The summed E-state index contributed by atoms with van der Waals surface area (Å²) in [5, 5.41) is 10.6. The van der Waals surface area contributed by atoms with Gasteiger partial charge in [0.2, 0.25) is 5.91 Å². The highest BCUT2D eigenvalue weighted by Gasteiger charge is 2.21. The fourth-order valence-electron chi connectivity index (χ4n) is 5.83. The topological polar surface area (TPSA) is 88.2 Å². The average molecular weight is 809 g/mol. The molecular weight excluding hydrogens is 758 g/mol. The highest BCUT2D eigenvalue weighted by Crippen LogP contribution is 2.35. The Morgan fingerprint density at radius 2 is 1.48 bits per heavy atom. The SMILES string of the molecule is CCCCCCCCCCCCCC(=O)Nc1ccc(Cl)c(Nc2[nH]n(-c3c(Cl)cc(Cl)cc3Cl)c(=O)c2SCCCCOc2cccc(C)c2)c1. The lowest BCUT2D eigenvalue weighted by Gasteiger charge is -2.12. The number of nitrogens with one attached hydrogen (secondary N) is 3. The largest absolute Gasteiger partial charge is 0.494 e. The van der Waals surface area contributed by atoms with Crippen LogP contribution in [0.3, 0.4) is 0 Å². The van der Waals surface area contributed by atoms with Gasteiger partial charge in [-0.25, -0.2) is 4.68 Å². The Bertz CT molecular complexity index is 1770. The number of nitrogens with zero attached hydrogens (tertiary/aromatic N) is 1. The molecule has 12 heteroatoms. The van der Waals surface area contributed by atoms with Crippen molar-refractivity contribution in [3.8, 4) is 11.4 Å². The number of H-pyrrole nitrogens is 1. The monoisotopic (exact) mass is 806 g/mol. The summed E-state index contributed by atoms with van der Waals surface area (Å²) in [6.45, 7) is 4.84. The van der Waals surface area contributed by atoms with Gasteiger partial charge in [-0.15, -0.1) is 11.8 Å². The fourth-order valence-corrected chi connectivity index (χ4v) is 7.99. The lowest BCUT2D eigenvalue weighted by molar-refractivity contribution is -0.116. The molecule has 3 N–H and O–H groups in total. The third-order valence-electron chi connectivity index (χ3n) is 8.61. The maximum absolute atomic E-state index is 13.9. The van der Waals surface area contributed by atoms with Crippen LogP contribution < -0.4 is 20.9 Å². The van der Waals surface area contributed by atoms with Crippen molar-refractivity contribution < 1.29 is 9.53 Å². The second-order valence-electron chi connectivity index (χ2n) is 13.0. The van der Waals surface area contributed by atoms with Gasteiger partial charge in [0.15, 0.2) is 0 Å². The van der Waals surface area contributed by atoms with E-state index in [1.54, 1.807) is 18.2 Å². The van der Waals surface area contributed by atoms with Gasteiger partial charge in [-0.05, 0) is 80.0 Å². The lowest BCUT2D eigenvalue weighted by Crippen LogP contribution is -2.16. The number of rotatable bonds is 23. The molecule has 0 atom stereocenters. The van der Waals surface area contributed by atoms with Gasteiger partial charge in [0.05, 0.1) is 27.4 Å². The number of carbonyl (C=O) groups is 1. The van der Waals surface area contributed by atoms with E-state index in [4.69, 9.17) is 51.1 Å². The van der Waals surface area contributed by atoms with Crippen LogP contribution in [0.5, 0.6) is 5.75 Å². The van der Waals surface area contributed by atoms with Crippen LogP contribution in [-0.2, 0) is 4.79 Å². The molecule has 1 aromatic heterocycles. The third-order valence-corrected chi connectivity index (χ3v) is 10.9. The number of halogens is 4. The van der Waals surface area contributed by atoms with E-state index >= 15 is 0 Å². The highest BCUT2D eigenvalue weighted by molar-refractivity contribution is 7.99. The molecular formula is C40H50Cl4N4O3S. The molecule has 3 aromatic carbocycles. The van der Waals surface area contributed by atoms with E-state index in [1.165, 1.54) is 79.9 Å². The summed E-state index contributed by atoms with van der Waals surface area (Å²) in [7, 11) is 0. The van der Waals surface area contributed by atoms with Crippen molar-refractivity contribution in [3.63, 3.8) is 0 Å². The van der Waals surface area contributed by atoms with Gasteiger partial charge in [-0.2, -0.15) is 0 Å². The molecule has 0 fully saturated rings. The van der Waals surface area contributed by atoms with Crippen molar-refractivity contribution in [3.05, 3.63) is 90.6 Å². The molecule has 0 unspecified atom stereocenters. The van der Waals surface area contributed by atoms with Gasteiger partial charge in [0.25, 0.3) is 5.56 Å². The number of carbonyl (C=O) groups excluding carboxylic acids is 1. The zero-order chi connectivity index (χ0) is 37.3. The lowest BCUT2D eigenvalue weighted by atomic mass is 10.1. The molecule has 0 spiro atoms. The number of aromatic nitrogens is 2. The first-order valence-electron chi connectivity index (χ1n) is 18.3. The minimum Gasteiger partial charge on any atom is -0.494 e. The van der Waals surface area contributed by atoms with Crippen LogP contribution in [0.2, 0.25) is 20.1 Å². The minimum atomic E-state index is -0.331. The number of ether oxygens (including phenoxy) is 1. The number of thioether (sulfide) groups is 1. The van der Waals surface area contributed by atoms with E-state index in [-0.39, 0.29) is 27.2 Å². The van der Waals surface area contributed by atoms with Gasteiger partial charge in [0, 0.05) is 17.1 Å². The maximum atomic E-state index is 13.9. The number of aryl methyl sites for hydroxylation is 1. The molecule has 4 aromatic rings. The van der Waals surface area contributed by atoms with E-state index in [2.05, 4.69) is 22.7 Å². The molecule has 1 amide bonds. The highest BCUT2D eigenvalue weighted by atomic mass is 35.5. The van der Waals surface area contributed by atoms with E-state index in [9.17, 15) is 9.59 Å². The van der Waals surface area contributed by atoms with Gasteiger partial charge in [-0.1, -0.05) is 130 Å². The van der Waals surface area contributed by atoms with Crippen LogP contribution in [0.25, 0.3) is 5.69 Å². The number of benzene rings is 3. The predicted octanol–water partition coefficient (Wildman–Crippen LogP) is 13.4. The van der Waals surface area contributed by atoms with Crippen molar-refractivity contribution in [2.24, 2.45) is 0 Å². The Balaban J connectivity index is 1.37. The molecule has 0 bridgehead atoms. The Morgan fingerprint density at radius 3 is 2.15 bits per heavy atom. The summed E-state index contributed by atoms with van der Waals surface area (Å²) in [5.41, 5.74) is 2.22. The molecule has 4 rings (SSSR count). The summed E-state index contributed by atoms with van der Waals surface area (Å²) >= 11 is 27.2. The standard InChI is InChI=1S/C40H50Cl4N4O3S/c1-3-4-5-6-7-8-9-10-11-12-13-19-36(49)45-30-20-21-32(42)35(27-30)46-39-38(52-23-15-14-22-51-31-18-16-17-28(2)24-31)40(50)48(47-39)37-33(43)25-29(41)26-34(37)44/h16-18,20-21,24-27,46-47H,3-15,19,22-23H2,1-2H3,(H,45,49). The Morgan fingerprint density at radius 1 is 0.808 bits per heavy atom. The van der Waals surface area contributed by atoms with E-state index in [0.29, 0.717) is 50.9 Å². The second kappa shape index (κ2) is 22.5. The Labute approximate surface area is 332 Å². The molecule has 1 heterocycles. The molecule has 0 saturated heterocycles. The van der Waals surface area contributed by atoms with Crippen LogP contribution in [-0.4, -0.2) is 28.0 Å². The third kappa shape index (κ3) is 13.6. The molecule has 0 saturated carbocycles. The number of amides is 1. The van der Waals surface area contributed by atoms with Crippen LogP contribution in [0.1, 0.15) is 102 Å². The average Bonchev–Trinajstić information content (AvgIpc) is 3.39. The molecule has 0 aliphatic carbocycles. The molecule has 0 aliphatic heterocycles. The van der Waals surface area contributed by atoms with Gasteiger partial charge in [0.1, 0.15) is 22.2 Å². The summed E-state index contributed by atoms with van der Waals surface area (Å²) in [4.78, 5) is 27.1. The molecule has 7 nitrogen and oxygen atoms in total. The maximum Gasteiger partial charge on any atom is 0.287 e. The van der Waals surface area contributed by atoms with Crippen molar-refractivity contribution in [1.29, 1.82) is 0 Å². The Hall–Kier alpha value is -2.75. The molecule has 52 heavy (non-hydrogen) atoms. The van der Waals surface area contributed by atoms with Gasteiger partial charge < -0.3 is 15.4 Å². The second-order valence-corrected chi connectivity index (χ2v) is 15.8. The van der Waals surface area contributed by atoms with Crippen LogP contribution in [0.4, 0.5) is 17.2 Å². The molecule has 0 radical (unpaired) electrons. The van der Waals surface area contributed by atoms with Crippen LogP contribution >= 0.6 is 58.2 Å². The zero-order valence-corrected chi connectivity index (χ0v) is 33.9. The smallest absolute Gasteiger partial charge is 0.287 e. The summed E-state index contributed by atoms with van der Waals surface area (Å²) in [6.07, 6.45) is 15.6. The first-order valence-corrected chi connectivity index (χ1v) is 20.8. The van der Waals surface area contributed by atoms with Crippen molar-refractivity contribution in [2.45, 2.75) is 109 Å². The zero-order valence-electron chi connectivity index (χ0n) is 30.1. The van der Waals surface area contributed by atoms with Crippen LogP contribution in [0.15, 0.2) is 64.3 Å². The summed E-state index contributed by atoms with van der Waals surface area (Å²) in [5.74, 6) is 1.87. The fraction of sp³-hybridized carbons (Fsp3) is 0.450. The number of unbranched alkanes of at least 4 members (excludes halogenated alkanes) is 11. The van der Waals surface area contributed by atoms with E-state index in [0.717, 1.165) is 43.4 Å². The van der Waals surface area contributed by atoms with E-state index < -0.39 is 0 Å². The van der Waals surface area contributed by atoms with E-state index in [1.807, 2.05) is 31.2 Å². The minimum absolute atomic E-state index is 0.0431. The number of anilines is 3. The summed E-state index contributed by atoms with van der Waals surface area (Å²) in [6, 6.07) is 16.3.